The van der Waals surface area contributed by atoms with E-state index >= 15 is 0 Å². The van der Waals surface area contributed by atoms with Gasteiger partial charge in [-0.25, -0.2) is 4.39 Å². The normalized spacial score (nSPS) is 11.4. The van der Waals surface area contributed by atoms with Gasteiger partial charge in [0.05, 0.1) is 119 Å². The third-order valence-electron chi connectivity index (χ3n) is 6.69. The number of alkyl halides is 1. The van der Waals surface area contributed by atoms with Crippen molar-refractivity contribution in [2.45, 2.75) is 58.3 Å². The number of unbranched alkanes of at least 4 members (excludes halogenated alkanes) is 6. The van der Waals surface area contributed by atoms with Crippen LogP contribution in [0.4, 0.5) is 4.39 Å². The molecule has 0 spiro atoms. The summed E-state index contributed by atoms with van der Waals surface area (Å²) in [5.41, 5.74) is 1.38. The Kier molecular flexibility index (Phi) is 33.7. The van der Waals surface area contributed by atoms with Crippen molar-refractivity contribution < 1.29 is 51.8 Å². The van der Waals surface area contributed by atoms with Gasteiger partial charge in [-0.3, -0.25) is 0 Å². The fourth-order valence-electron chi connectivity index (χ4n) is 4.17. The molecule has 1 rings (SSSR count). The molecule has 1 aromatic rings. The van der Waals surface area contributed by atoms with Gasteiger partial charge in [0.2, 0.25) is 0 Å². The van der Waals surface area contributed by atoms with Gasteiger partial charge in [-0.05, 0) is 30.5 Å². The quantitative estimate of drug-likeness (QED) is 0.0849. The summed E-state index contributed by atoms with van der Waals surface area (Å²) in [4.78, 5) is 0. The van der Waals surface area contributed by atoms with Crippen molar-refractivity contribution >= 4 is 0 Å². The van der Waals surface area contributed by atoms with Gasteiger partial charge in [0, 0.05) is 0 Å². The largest absolute Gasteiger partial charge is 0.491 e. The Balaban J connectivity index is 1.71. The van der Waals surface area contributed by atoms with E-state index in [1.807, 2.05) is 0 Å². The molecule has 0 aliphatic heterocycles. The summed E-state index contributed by atoms with van der Waals surface area (Å²) in [5.74, 6) is 0.885. The zero-order chi connectivity index (χ0) is 32.9. The number of hydrogen-bond donors (Lipinski definition) is 0. The second-order valence-electron chi connectivity index (χ2n) is 10.6. The van der Waals surface area contributed by atoms with Crippen molar-refractivity contribution in [1.82, 2.24) is 0 Å². The minimum Gasteiger partial charge on any atom is -0.491 e. The van der Waals surface area contributed by atoms with Crippen molar-refractivity contribution in [3.8, 4) is 5.75 Å². The maximum absolute atomic E-state index is 11.8. The molecule has 0 bridgehead atoms. The van der Waals surface area contributed by atoms with E-state index in [0.717, 1.165) is 12.2 Å². The summed E-state index contributed by atoms with van der Waals surface area (Å²) in [6.07, 6.45) is 10.5. The number of ether oxygens (including phenoxy) is 10. The first-order valence-corrected chi connectivity index (χ1v) is 17.3. The van der Waals surface area contributed by atoms with E-state index in [-0.39, 0.29) is 6.61 Å². The Bertz CT molecular complexity index is 713. The summed E-state index contributed by atoms with van der Waals surface area (Å²) in [6, 6.07) is 8.44. The molecule has 46 heavy (non-hydrogen) atoms. The first-order valence-electron chi connectivity index (χ1n) is 17.3. The summed E-state index contributed by atoms with van der Waals surface area (Å²) >= 11 is 0. The lowest BCUT2D eigenvalue weighted by atomic mass is 10.0. The lowest BCUT2D eigenvalue weighted by molar-refractivity contribution is -0.0255. The third kappa shape index (κ3) is 31.2. The lowest BCUT2D eigenvalue weighted by Crippen LogP contribution is -2.15. The molecule has 0 radical (unpaired) electrons. The van der Waals surface area contributed by atoms with Crippen LogP contribution >= 0.6 is 0 Å². The number of benzene rings is 1. The average molecular weight is 663 g/mol. The first-order chi connectivity index (χ1) is 22.9. The minimum absolute atomic E-state index is 0.116. The molecule has 11 heteroatoms. The minimum atomic E-state index is -0.472. The van der Waals surface area contributed by atoms with Crippen molar-refractivity contribution in [3.05, 3.63) is 29.8 Å². The number of aryl methyl sites for hydroxylation is 1. The van der Waals surface area contributed by atoms with Gasteiger partial charge in [0.1, 0.15) is 19.0 Å². The predicted octanol–water partition coefficient (Wildman–Crippen LogP) is 5.48. The zero-order valence-electron chi connectivity index (χ0n) is 28.6. The van der Waals surface area contributed by atoms with Crippen molar-refractivity contribution in [3.63, 3.8) is 0 Å². The number of rotatable bonds is 38. The Hall–Kier alpha value is -1.41. The van der Waals surface area contributed by atoms with Gasteiger partial charge in [-0.2, -0.15) is 0 Å². The highest BCUT2D eigenvalue weighted by Gasteiger charge is 1.99. The molecule has 0 aliphatic rings. The van der Waals surface area contributed by atoms with Crippen LogP contribution < -0.4 is 4.74 Å². The molecule has 0 saturated heterocycles. The second kappa shape index (κ2) is 36.4. The van der Waals surface area contributed by atoms with Crippen molar-refractivity contribution in [1.29, 1.82) is 0 Å². The van der Waals surface area contributed by atoms with E-state index in [2.05, 4.69) is 31.2 Å². The van der Waals surface area contributed by atoms with Gasteiger partial charge in [0.15, 0.2) is 0 Å². The first kappa shape index (κ1) is 42.6. The molecule has 0 fully saturated rings. The van der Waals surface area contributed by atoms with E-state index in [1.54, 1.807) is 0 Å². The van der Waals surface area contributed by atoms with Crippen molar-refractivity contribution in [2.24, 2.45) is 0 Å². The van der Waals surface area contributed by atoms with Crippen LogP contribution in [0.3, 0.4) is 0 Å². The van der Waals surface area contributed by atoms with Gasteiger partial charge in [-0.1, -0.05) is 57.6 Å². The van der Waals surface area contributed by atoms with Crippen LogP contribution in [0.2, 0.25) is 0 Å². The monoisotopic (exact) mass is 662 g/mol. The van der Waals surface area contributed by atoms with Crippen LogP contribution in [0.5, 0.6) is 5.75 Å². The van der Waals surface area contributed by atoms with Crippen LogP contribution in [-0.2, 0) is 49.1 Å². The average Bonchev–Trinajstić information content (AvgIpc) is 3.07. The van der Waals surface area contributed by atoms with Gasteiger partial charge >= 0.3 is 0 Å². The van der Waals surface area contributed by atoms with Gasteiger partial charge in [-0.15, -0.1) is 0 Å². The molecule has 0 unspecified atom stereocenters. The predicted molar refractivity (Wildman–Crippen MR) is 177 cm³/mol. The van der Waals surface area contributed by atoms with Gasteiger partial charge < -0.3 is 47.4 Å². The van der Waals surface area contributed by atoms with Crippen LogP contribution in [0, 0.1) is 0 Å². The molecule has 0 atom stereocenters. The maximum Gasteiger partial charge on any atom is 0.119 e. The lowest BCUT2D eigenvalue weighted by Gasteiger charge is -2.09. The molecule has 1 aromatic carbocycles. The number of halogens is 1. The molecule has 0 aliphatic carbocycles. The highest BCUT2D eigenvalue weighted by molar-refractivity contribution is 5.27. The number of hydrogen-bond acceptors (Lipinski definition) is 10. The zero-order valence-corrected chi connectivity index (χ0v) is 28.6. The second-order valence-corrected chi connectivity index (χ2v) is 10.6. The molecule has 0 saturated carbocycles. The maximum atomic E-state index is 11.8. The summed E-state index contributed by atoms with van der Waals surface area (Å²) in [5, 5.41) is 0. The third-order valence-corrected chi connectivity index (χ3v) is 6.69. The van der Waals surface area contributed by atoms with E-state index in [4.69, 9.17) is 47.4 Å². The fraction of sp³-hybridized carbons (Fsp3) is 0.829. The summed E-state index contributed by atoms with van der Waals surface area (Å²) in [6.45, 7) is 10.9. The Labute approximate surface area is 277 Å². The van der Waals surface area contributed by atoms with Crippen LogP contribution in [0.1, 0.15) is 57.4 Å². The van der Waals surface area contributed by atoms with E-state index < -0.39 is 6.67 Å². The smallest absolute Gasteiger partial charge is 0.119 e. The molecule has 270 valence electrons. The Morgan fingerprint density at radius 2 is 0.717 bits per heavy atom. The SMILES string of the molecule is CCCCCCCCCc1ccc(OCCOCCOCCOCCOCCOCCOCCOCCOCCOCCF)cc1. The van der Waals surface area contributed by atoms with Crippen molar-refractivity contribution in [2.75, 3.05) is 132 Å². The van der Waals surface area contributed by atoms with Gasteiger partial charge in [0.25, 0.3) is 0 Å². The van der Waals surface area contributed by atoms with Crippen LogP contribution in [-0.4, -0.2) is 132 Å². The summed E-state index contributed by atoms with van der Waals surface area (Å²) in [7, 11) is 0. The summed E-state index contributed by atoms with van der Waals surface area (Å²) < 4.78 is 66.3. The Morgan fingerprint density at radius 3 is 1.09 bits per heavy atom. The van der Waals surface area contributed by atoms with Crippen LogP contribution in [0.15, 0.2) is 24.3 Å². The molecule has 0 heterocycles. The molecular weight excluding hydrogens is 599 g/mol. The standard InChI is InChI=1S/C35H63FO10/c1-2-3-4-5-6-7-8-9-34-10-12-35(13-11-34)46-33-32-45-31-30-44-29-28-43-27-26-42-25-24-41-23-22-40-21-20-39-19-18-38-17-16-37-15-14-36/h10-13H,2-9,14-33H2,1H3. The van der Waals surface area contributed by atoms with E-state index in [9.17, 15) is 4.39 Å². The van der Waals surface area contributed by atoms with Crippen LogP contribution in [0.25, 0.3) is 0 Å². The highest BCUT2D eigenvalue weighted by atomic mass is 19.1. The van der Waals surface area contributed by atoms with E-state index in [1.165, 1.54) is 50.5 Å². The molecule has 0 amide bonds. The molecule has 0 N–H and O–H groups in total. The fourth-order valence-corrected chi connectivity index (χ4v) is 4.17. The molecule has 10 nitrogen and oxygen atoms in total. The highest BCUT2D eigenvalue weighted by Crippen LogP contribution is 2.15. The molecule has 0 aromatic heterocycles. The topological polar surface area (TPSA) is 92.3 Å². The molecular formula is C35H63FO10. The van der Waals surface area contributed by atoms with E-state index in [0.29, 0.717) is 119 Å². The Morgan fingerprint density at radius 1 is 0.391 bits per heavy atom.